The number of amides is 1. The van der Waals surface area contributed by atoms with Gasteiger partial charge in [-0.1, -0.05) is 53.6 Å². The van der Waals surface area contributed by atoms with Crippen LogP contribution in [0.15, 0.2) is 66.9 Å². The Labute approximate surface area is 195 Å². The van der Waals surface area contributed by atoms with Crippen LogP contribution in [-0.4, -0.2) is 53.0 Å². The molecule has 1 saturated heterocycles. The van der Waals surface area contributed by atoms with E-state index in [0.29, 0.717) is 6.61 Å². The summed E-state index contributed by atoms with van der Waals surface area (Å²) < 4.78 is 8.27. The molecule has 1 aromatic heterocycles. The lowest BCUT2D eigenvalue weighted by molar-refractivity contribution is 0.00331. The van der Waals surface area contributed by atoms with Crippen molar-refractivity contribution < 1.29 is 9.53 Å². The largest absolute Gasteiger partial charge is 0.368 e. The van der Waals surface area contributed by atoms with Crippen molar-refractivity contribution >= 4 is 17.5 Å². The van der Waals surface area contributed by atoms with Gasteiger partial charge in [-0.2, -0.15) is 0 Å². The van der Waals surface area contributed by atoms with Crippen LogP contribution in [0.25, 0.3) is 0 Å². The molecule has 1 aliphatic heterocycles. The quantitative estimate of drug-likeness (QED) is 0.522. The van der Waals surface area contributed by atoms with Crippen LogP contribution in [0, 0.1) is 6.92 Å². The van der Waals surface area contributed by atoms with Gasteiger partial charge < -0.3 is 14.2 Å². The van der Waals surface area contributed by atoms with Crippen molar-refractivity contribution in [3.05, 3.63) is 94.3 Å². The number of carbonyl (C=O) groups is 1. The summed E-state index contributed by atoms with van der Waals surface area (Å²) in [5.41, 5.74) is 4.25. The van der Waals surface area contributed by atoms with E-state index in [4.69, 9.17) is 16.3 Å². The summed E-state index contributed by atoms with van der Waals surface area (Å²) in [5, 5.41) is 0.721. The lowest BCUT2D eigenvalue weighted by atomic mass is 10.1. The molecule has 0 spiro atoms. The first-order valence-electron chi connectivity index (χ1n) is 11.0. The topological polar surface area (TPSA) is 37.7 Å². The van der Waals surface area contributed by atoms with Crippen LogP contribution < -0.4 is 0 Å². The number of aryl methyl sites for hydroxylation is 2. The van der Waals surface area contributed by atoms with E-state index in [-0.39, 0.29) is 12.0 Å². The number of piperazine rings is 1. The van der Waals surface area contributed by atoms with E-state index in [1.807, 2.05) is 59.1 Å². The maximum absolute atomic E-state index is 12.8. The Morgan fingerprint density at radius 1 is 1.03 bits per heavy atom. The van der Waals surface area contributed by atoms with E-state index in [2.05, 4.69) is 36.1 Å². The van der Waals surface area contributed by atoms with Crippen LogP contribution in [0.4, 0.5) is 0 Å². The SMILES string of the molecule is Cc1cccc(CO[C@H](CN2CCN(C(=O)c3cccn3C)CC2)c2ccc(Cl)cc2)c1. The van der Waals surface area contributed by atoms with Crippen molar-refractivity contribution in [1.29, 1.82) is 0 Å². The van der Waals surface area contributed by atoms with E-state index >= 15 is 0 Å². The van der Waals surface area contributed by atoms with Gasteiger partial charge in [-0.05, 0) is 42.3 Å². The second-order valence-corrected chi connectivity index (χ2v) is 8.87. The minimum Gasteiger partial charge on any atom is -0.368 e. The van der Waals surface area contributed by atoms with Crippen molar-refractivity contribution in [1.82, 2.24) is 14.4 Å². The third-order valence-corrected chi connectivity index (χ3v) is 6.27. The third kappa shape index (κ3) is 5.60. The molecule has 0 bridgehead atoms. The Kier molecular flexibility index (Phi) is 7.30. The Morgan fingerprint density at radius 2 is 1.78 bits per heavy atom. The monoisotopic (exact) mass is 451 g/mol. The molecule has 2 heterocycles. The van der Waals surface area contributed by atoms with Gasteiger partial charge in [0.15, 0.2) is 0 Å². The molecule has 1 amide bonds. The van der Waals surface area contributed by atoms with E-state index < -0.39 is 0 Å². The van der Waals surface area contributed by atoms with Crippen LogP contribution in [-0.2, 0) is 18.4 Å². The molecule has 0 radical (unpaired) electrons. The second kappa shape index (κ2) is 10.3. The number of hydrogen-bond donors (Lipinski definition) is 0. The third-order valence-electron chi connectivity index (χ3n) is 6.02. The lowest BCUT2D eigenvalue weighted by Crippen LogP contribution is -2.50. The van der Waals surface area contributed by atoms with Crippen LogP contribution in [0.3, 0.4) is 0 Å². The van der Waals surface area contributed by atoms with E-state index in [0.717, 1.165) is 49.0 Å². The summed E-state index contributed by atoms with van der Waals surface area (Å²) >= 11 is 6.11. The molecular weight excluding hydrogens is 422 g/mol. The number of carbonyl (C=O) groups excluding carboxylic acids is 1. The van der Waals surface area contributed by atoms with E-state index in [1.54, 1.807) is 0 Å². The Balaban J connectivity index is 1.39. The van der Waals surface area contributed by atoms with Gasteiger partial charge in [0, 0.05) is 51.0 Å². The van der Waals surface area contributed by atoms with E-state index in [9.17, 15) is 4.79 Å². The number of rotatable bonds is 7. The van der Waals surface area contributed by atoms with Crippen molar-refractivity contribution in [3.8, 4) is 0 Å². The molecule has 168 valence electrons. The van der Waals surface area contributed by atoms with Gasteiger partial charge >= 0.3 is 0 Å². The van der Waals surface area contributed by atoms with Crippen LogP contribution in [0.2, 0.25) is 5.02 Å². The fourth-order valence-electron chi connectivity index (χ4n) is 4.14. The molecule has 4 rings (SSSR count). The first-order chi connectivity index (χ1) is 15.5. The molecule has 2 aromatic carbocycles. The van der Waals surface area contributed by atoms with Crippen molar-refractivity contribution in [2.75, 3.05) is 32.7 Å². The lowest BCUT2D eigenvalue weighted by Gasteiger charge is -2.36. The minimum atomic E-state index is -0.0668. The molecule has 0 N–H and O–H groups in total. The smallest absolute Gasteiger partial charge is 0.270 e. The molecule has 1 fully saturated rings. The van der Waals surface area contributed by atoms with Gasteiger partial charge in [-0.25, -0.2) is 0 Å². The predicted molar refractivity (Wildman–Crippen MR) is 128 cm³/mol. The number of aromatic nitrogens is 1. The Hall–Kier alpha value is -2.60. The molecule has 5 nitrogen and oxygen atoms in total. The highest BCUT2D eigenvalue weighted by atomic mass is 35.5. The van der Waals surface area contributed by atoms with Crippen molar-refractivity contribution in [2.45, 2.75) is 19.6 Å². The summed E-state index contributed by atoms with van der Waals surface area (Å²) in [7, 11) is 1.91. The fourth-order valence-corrected chi connectivity index (χ4v) is 4.27. The summed E-state index contributed by atoms with van der Waals surface area (Å²) in [6, 6.07) is 20.1. The zero-order valence-electron chi connectivity index (χ0n) is 18.7. The zero-order chi connectivity index (χ0) is 22.5. The molecule has 3 aromatic rings. The number of ether oxygens (including phenoxy) is 1. The van der Waals surface area contributed by atoms with Gasteiger partial charge in [0.25, 0.3) is 5.91 Å². The summed E-state index contributed by atoms with van der Waals surface area (Å²) in [6.45, 7) is 6.52. The van der Waals surface area contributed by atoms with Gasteiger partial charge in [0.05, 0.1) is 12.7 Å². The van der Waals surface area contributed by atoms with Crippen molar-refractivity contribution in [3.63, 3.8) is 0 Å². The second-order valence-electron chi connectivity index (χ2n) is 8.44. The van der Waals surface area contributed by atoms with Crippen molar-refractivity contribution in [2.24, 2.45) is 7.05 Å². The van der Waals surface area contributed by atoms with Gasteiger partial charge in [-0.15, -0.1) is 0 Å². The predicted octanol–water partition coefficient (Wildman–Crippen LogP) is 4.70. The van der Waals surface area contributed by atoms with E-state index in [1.165, 1.54) is 11.1 Å². The molecule has 32 heavy (non-hydrogen) atoms. The van der Waals surface area contributed by atoms with Gasteiger partial charge in [0.1, 0.15) is 5.69 Å². The zero-order valence-corrected chi connectivity index (χ0v) is 19.5. The maximum atomic E-state index is 12.8. The molecule has 0 unspecified atom stereocenters. The summed E-state index contributed by atoms with van der Waals surface area (Å²) in [6.07, 6.45) is 1.84. The number of nitrogens with zero attached hydrogens (tertiary/aromatic N) is 3. The van der Waals surface area contributed by atoms with Gasteiger partial charge in [-0.3, -0.25) is 9.69 Å². The number of halogens is 1. The average molecular weight is 452 g/mol. The molecule has 6 heteroatoms. The minimum absolute atomic E-state index is 0.0668. The number of hydrogen-bond acceptors (Lipinski definition) is 3. The van der Waals surface area contributed by atoms with Gasteiger partial charge in [0.2, 0.25) is 0 Å². The number of benzene rings is 2. The Bertz CT molecular complexity index is 1040. The molecular formula is C26H30ClN3O2. The van der Waals surface area contributed by atoms with Crippen LogP contribution in [0.1, 0.15) is 33.3 Å². The first kappa shape index (κ1) is 22.6. The molecule has 0 saturated carbocycles. The average Bonchev–Trinajstić information content (AvgIpc) is 3.23. The molecule has 1 aliphatic rings. The molecule has 0 aliphatic carbocycles. The van der Waals surface area contributed by atoms with Crippen LogP contribution >= 0.6 is 11.6 Å². The van der Waals surface area contributed by atoms with Crippen LogP contribution in [0.5, 0.6) is 0 Å². The standard InChI is InChI=1S/C26H30ClN3O2/c1-20-5-3-6-21(17-20)19-32-25(22-8-10-23(27)11-9-22)18-29-13-15-30(16-14-29)26(31)24-7-4-12-28(24)2/h3-12,17,25H,13-16,18-19H2,1-2H3/t25-/m1/s1. The summed E-state index contributed by atoms with van der Waals surface area (Å²) in [5.74, 6) is 0.0992. The normalized spacial score (nSPS) is 15.7. The highest BCUT2D eigenvalue weighted by Gasteiger charge is 2.25. The summed E-state index contributed by atoms with van der Waals surface area (Å²) in [4.78, 5) is 17.1. The fraction of sp³-hybridized carbons (Fsp3) is 0.346. The highest BCUT2D eigenvalue weighted by Crippen LogP contribution is 2.24. The maximum Gasteiger partial charge on any atom is 0.270 e. The highest BCUT2D eigenvalue weighted by molar-refractivity contribution is 6.30. The Morgan fingerprint density at radius 3 is 2.44 bits per heavy atom. The molecule has 1 atom stereocenters. The first-order valence-corrected chi connectivity index (χ1v) is 11.4.